The number of aliphatic hydroxyl groups is 1. The Morgan fingerprint density at radius 1 is 0.304 bits per heavy atom. The molecule has 0 amide bonds. The van der Waals surface area contributed by atoms with Gasteiger partial charge in [0.25, 0.3) is 0 Å². The average Bonchev–Trinajstić information content (AvgIpc) is 0.929. The Morgan fingerprint density at radius 2 is 0.529 bits per heavy atom. The van der Waals surface area contributed by atoms with Crippen molar-refractivity contribution in [3.05, 3.63) is 24.3 Å². The lowest BCUT2D eigenvalue weighted by Crippen LogP contribution is -2.30. The highest BCUT2D eigenvalue weighted by Crippen LogP contribution is 2.45. The summed E-state index contributed by atoms with van der Waals surface area (Å²) in [7, 11) is -9.94. The highest BCUT2D eigenvalue weighted by molar-refractivity contribution is 7.47. The quantitative estimate of drug-likeness (QED) is 0.0169. The molecule has 602 valence electrons. The summed E-state index contributed by atoms with van der Waals surface area (Å²) < 4.78 is 68.8. The van der Waals surface area contributed by atoms with Gasteiger partial charge in [0.05, 0.1) is 26.4 Å². The van der Waals surface area contributed by atoms with E-state index in [1.807, 2.05) is 0 Å². The van der Waals surface area contributed by atoms with Crippen LogP contribution in [0.3, 0.4) is 0 Å². The van der Waals surface area contributed by atoms with Crippen LogP contribution in [0.5, 0.6) is 0 Å². The molecular weight excluding hydrogens is 1330 g/mol. The zero-order chi connectivity index (χ0) is 74.9. The van der Waals surface area contributed by atoms with Crippen LogP contribution in [0, 0.1) is 11.8 Å². The molecule has 102 heavy (non-hydrogen) atoms. The van der Waals surface area contributed by atoms with E-state index in [4.69, 9.17) is 37.0 Å². The first kappa shape index (κ1) is 99.5. The number of unbranched alkanes of at least 4 members (excludes halogenated alkanes) is 47. The van der Waals surface area contributed by atoms with Crippen LogP contribution in [-0.2, 0) is 65.4 Å². The molecule has 0 aliphatic carbocycles. The molecule has 0 fully saturated rings. The molecule has 0 aliphatic rings. The summed E-state index contributed by atoms with van der Waals surface area (Å²) in [6.45, 7) is 9.58. The van der Waals surface area contributed by atoms with Gasteiger partial charge >= 0.3 is 39.5 Å². The first-order valence-corrected chi connectivity index (χ1v) is 45.3. The van der Waals surface area contributed by atoms with Gasteiger partial charge in [-0.1, -0.05) is 361 Å². The Morgan fingerprint density at radius 3 is 0.804 bits per heavy atom. The van der Waals surface area contributed by atoms with Crippen molar-refractivity contribution < 1.29 is 80.2 Å². The van der Waals surface area contributed by atoms with Gasteiger partial charge in [-0.15, -0.1) is 0 Å². The number of ether oxygens (including phenoxy) is 4. The number of carbonyl (C=O) groups is 4. The number of hydrogen-bond donors (Lipinski definition) is 3. The molecule has 0 aromatic heterocycles. The van der Waals surface area contributed by atoms with Gasteiger partial charge in [0, 0.05) is 25.7 Å². The maximum Gasteiger partial charge on any atom is 0.472 e. The fraction of sp³-hybridized carbons (Fsp3) is 0.904. The van der Waals surface area contributed by atoms with Crippen molar-refractivity contribution in [1.29, 1.82) is 0 Å². The summed E-state index contributed by atoms with van der Waals surface area (Å²) in [6, 6.07) is 0. The van der Waals surface area contributed by atoms with Crippen molar-refractivity contribution in [2.75, 3.05) is 39.6 Å². The van der Waals surface area contributed by atoms with E-state index in [0.29, 0.717) is 25.7 Å². The molecule has 2 unspecified atom stereocenters. The smallest absolute Gasteiger partial charge is 0.462 e. The molecular formula is C83H158O17P2. The number of esters is 4. The van der Waals surface area contributed by atoms with Crippen molar-refractivity contribution in [2.45, 2.75) is 432 Å². The standard InChI is InChI=1S/C83H158O17P2/c1-7-9-11-13-15-17-19-21-23-24-25-26-28-32-37-43-50-56-62-68-83(88)99-78(71-93-80(85)65-59-53-47-41-35-33-29-30-34-39-45-51-57-63-75(3)4)73-97-101(89,90)95-69-77(84)70-96-102(91,92)98-74-79(72-94-81(86)66-60-54-48-44-38-40-46-52-58-64-76(5)6)100-82(87)67-61-55-49-42-36-31-27-22-20-18-16-14-12-10-8-2/h18,20,22,27,75-79,84H,7-17,19,21,23-26,28-74H2,1-6H3,(H,89,90)(H,91,92)/b20-18-,27-22-/t77-,78-,79-/m1/s1. The number of allylic oxidation sites excluding steroid dienone is 4. The van der Waals surface area contributed by atoms with E-state index in [1.54, 1.807) is 0 Å². The number of carbonyl (C=O) groups excluding carboxylic acids is 4. The lowest BCUT2D eigenvalue weighted by molar-refractivity contribution is -0.161. The Balaban J connectivity index is 5.29. The fourth-order valence-corrected chi connectivity index (χ4v) is 13.9. The van der Waals surface area contributed by atoms with Crippen molar-refractivity contribution in [3.63, 3.8) is 0 Å². The van der Waals surface area contributed by atoms with Crippen LogP contribution in [0.4, 0.5) is 0 Å². The molecule has 17 nitrogen and oxygen atoms in total. The van der Waals surface area contributed by atoms with Gasteiger partial charge in [0.1, 0.15) is 19.3 Å². The summed E-state index contributed by atoms with van der Waals surface area (Å²) in [5, 5.41) is 10.7. The van der Waals surface area contributed by atoms with Gasteiger partial charge in [-0.25, -0.2) is 9.13 Å². The second-order valence-electron chi connectivity index (χ2n) is 30.1. The monoisotopic (exact) mass is 1490 g/mol. The zero-order valence-corrected chi connectivity index (χ0v) is 68.2. The van der Waals surface area contributed by atoms with Crippen LogP contribution < -0.4 is 0 Å². The maximum absolute atomic E-state index is 13.1. The summed E-state index contributed by atoms with van der Waals surface area (Å²) in [5.74, 6) is -0.606. The van der Waals surface area contributed by atoms with Crippen LogP contribution in [0.1, 0.15) is 414 Å². The van der Waals surface area contributed by atoms with E-state index in [9.17, 15) is 43.2 Å². The Kier molecular flexibility index (Phi) is 72.2. The minimum Gasteiger partial charge on any atom is -0.462 e. The molecule has 0 radical (unpaired) electrons. The normalized spacial score (nSPS) is 14.0. The number of aliphatic hydroxyl groups excluding tert-OH is 1. The second kappa shape index (κ2) is 74.0. The molecule has 5 atom stereocenters. The third kappa shape index (κ3) is 75.8. The van der Waals surface area contributed by atoms with Crippen LogP contribution in [0.2, 0.25) is 0 Å². The largest absolute Gasteiger partial charge is 0.472 e. The van der Waals surface area contributed by atoms with E-state index in [1.165, 1.54) is 218 Å². The molecule has 3 N–H and O–H groups in total. The number of phosphoric acid groups is 2. The minimum atomic E-state index is -4.97. The first-order chi connectivity index (χ1) is 49.4. The predicted molar refractivity (Wildman–Crippen MR) is 418 cm³/mol. The summed E-state index contributed by atoms with van der Waals surface area (Å²) in [4.78, 5) is 73.1. The van der Waals surface area contributed by atoms with E-state index in [-0.39, 0.29) is 25.7 Å². The lowest BCUT2D eigenvalue weighted by atomic mass is 10.0. The molecule has 0 aromatic rings. The molecule has 0 saturated heterocycles. The second-order valence-corrected chi connectivity index (χ2v) is 33.0. The lowest BCUT2D eigenvalue weighted by Gasteiger charge is -2.21. The van der Waals surface area contributed by atoms with Gasteiger partial charge < -0.3 is 33.8 Å². The molecule has 0 aliphatic heterocycles. The highest BCUT2D eigenvalue weighted by Gasteiger charge is 2.30. The Bertz CT molecular complexity index is 2050. The van der Waals surface area contributed by atoms with Crippen LogP contribution in [0.25, 0.3) is 0 Å². The molecule has 0 rings (SSSR count). The van der Waals surface area contributed by atoms with Crippen molar-refractivity contribution in [3.8, 4) is 0 Å². The van der Waals surface area contributed by atoms with E-state index in [0.717, 1.165) is 115 Å². The average molecular weight is 1490 g/mol. The zero-order valence-electron chi connectivity index (χ0n) is 66.4. The third-order valence-corrected chi connectivity index (χ3v) is 20.7. The van der Waals surface area contributed by atoms with Gasteiger partial charge in [-0.3, -0.25) is 37.3 Å². The van der Waals surface area contributed by atoms with Gasteiger partial charge in [0.15, 0.2) is 12.2 Å². The third-order valence-electron chi connectivity index (χ3n) is 18.8. The Hall–Kier alpha value is -2.46. The fourth-order valence-electron chi connectivity index (χ4n) is 12.3. The van der Waals surface area contributed by atoms with Gasteiger partial charge in [-0.2, -0.15) is 0 Å². The van der Waals surface area contributed by atoms with E-state index < -0.39 is 97.5 Å². The summed E-state index contributed by atoms with van der Waals surface area (Å²) >= 11 is 0. The number of rotatable bonds is 80. The summed E-state index contributed by atoms with van der Waals surface area (Å²) in [5.41, 5.74) is 0. The van der Waals surface area contributed by atoms with Crippen LogP contribution in [-0.4, -0.2) is 96.7 Å². The maximum atomic E-state index is 13.1. The number of hydrogen-bond acceptors (Lipinski definition) is 15. The molecule has 0 saturated carbocycles. The SMILES string of the molecule is CCCCCC/C=C\C=C/CCCCCCCC(=O)O[C@H](COC(=O)CCCCCCCCCCCC(C)C)COP(=O)(O)OC[C@H](O)COP(=O)(O)OC[C@@H](COC(=O)CCCCCCCCCCCCCCCC(C)C)OC(=O)CCCCCCCCCCCCCCCCCCCCC. The minimum absolute atomic E-state index is 0.0849. The molecule has 0 heterocycles. The van der Waals surface area contributed by atoms with Gasteiger partial charge in [-0.05, 0) is 63.2 Å². The molecule has 0 spiro atoms. The predicted octanol–water partition coefficient (Wildman–Crippen LogP) is 24.6. The summed E-state index contributed by atoms with van der Waals surface area (Å²) in [6.07, 6.45) is 67.4. The van der Waals surface area contributed by atoms with Gasteiger partial charge in [0.2, 0.25) is 0 Å². The van der Waals surface area contributed by atoms with E-state index >= 15 is 0 Å². The topological polar surface area (TPSA) is 237 Å². The highest BCUT2D eigenvalue weighted by atomic mass is 31.2. The van der Waals surface area contributed by atoms with Crippen molar-refractivity contribution in [2.24, 2.45) is 11.8 Å². The first-order valence-electron chi connectivity index (χ1n) is 42.3. The number of phosphoric ester groups is 2. The van der Waals surface area contributed by atoms with Crippen molar-refractivity contribution in [1.82, 2.24) is 0 Å². The van der Waals surface area contributed by atoms with Crippen LogP contribution >= 0.6 is 15.6 Å². The Labute approximate surface area is 624 Å². The van der Waals surface area contributed by atoms with Crippen LogP contribution in [0.15, 0.2) is 24.3 Å². The molecule has 19 heteroatoms. The molecule has 0 bridgehead atoms. The van der Waals surface area contributed by atoms with Crippen molar-refractivity contribution >= 4 is 39.5 Å². The van der Waals surface area contributed by atoms with E-state index in [2.05, 4.69) is 65.8 Å². The molecule has 0 aromatic carbocycles.